The van der Waals surface area contributed by atoms with Gasteiger partial charge >= 0.3 is 0 Å². The summed E-state index contributed by atoms with van der Waals surface area (Å²) in [7, 11) is 0. The Balaban J connectivity index is 1.82. The molecule has 0 aromatic heterocycles. The zero-order chi connectivity index (χ0) is 20.1. The molecule has 4 rings (SSSR count). The highest BCUT2D eigenvalue weighted by molar-refractivity contribution is 7.98. The molecule has 1 aromatic carbocycles. The molecule has 8 heteroatoms. The minimum Gasteiger partial charge on any atom is -0.323 e. The number of imide groups is 1. The predicted molar refractivity (Wildman–Crippen MR) is 110 cm³/mol. The van der Waals surface area contributed by atoms with E-state index in [-0.39, 0.29) is 23.8 Å². The number of fused-ring (bicyclic) bond motifs is 4. The second-order valence-corrected chi connectivity index (χ2v) is 9.03. The summed E-state index contributed by atoms with van der Waals surface area (Å²) in [6.45, 7) is 2.44. The Morgan fingerprint density at radius 2 is 2.04 bits per heavy atom. The number of unbranched alkanes of at least 4 members (excludes halogenated alkanes) is 1. The summed E-state index contributed by atoms with van der Waals surface area (Å²) >= 11 is 8.00. The van der Waals surface area contributed by atoms with Crippen LogP contribution in [0.4, 0.5) is 5.69 Å². The maximum Gasteiger partial charge on any atom is 0.250 e. The fraction of sp³-hybridized carbons (Fsp3) is 0.550. The van der Waals surface area contributed by atoms with Gasteiger partial charge in [-0.05, 0) is 30.9 Å². The molecule has 0 radical (unpaired) electrons. The fourth-order valence-corrected chi connectivity index (χ4v) is 5.59. The molecule has 2 fully saturated rings. The van der Waals surface area contributed by atoms with Crippen molar-refractivity contribution >= 4 is 46.8 Å². The molecule has 0 aliphatic carbocycles. The van der Waals surface area contributed by atoms with Crippen LogP contribution in [0.1, 0.15) is 31.7 Å². The van der Waals surface area contributed by atoms with Crippen molar-refractivity contribution in [3.05, 3.63) is 28.8 Å². The Morgan fingerprint density at radius 1 is 1.25 bits per heavy atom. The molecular weight excluding hydrogens is 398 g/mol. The van der Waals surface area contributed by atoms with Gasteiger partial charge in [0.05, 0.1) is 22.5 Å². The Morgan fingerprint density at radius 3 is 2.75 bits per heavy atom. The zero-order valence-corrected chi connectivity index (χ0v) is 17.5. The quantitative estimate of drug-likeness (QED) is 0.690. The smallest absolute Gasteiger partial charge is 0.250 e. The summed E-state index contributed by atoms with van der Waals surface area (Å²) in [6, 6.07) is 5.10. The first-order valence-electron chi connectivity index (χ1n) is 9.69. The first-order chi connectivity index (χ1) is 13.5. The Labute approximate surface area is 173 Å². The SMILES string of the molecule is CCCCN1C(=O)C2C(CCSC)NC3(C(=O)Nc4c(Cl)cccc43)C2C1=O. The lowest BCUT2D eigenvalue weighted by Gasteiger charge is -2.29. The van der Waals surface area contributed by atoms with Gasteiger partial charge in [-0.15, -0.1) is 0 Å². The number of para-hydroxylation sites is 1. The molecule has 3 amide bonds. The molecule has 1 aromatic rings. The Bertz CT molecular complexity index is 848. The number of anilines is 1. The van der Waals surface area contributed by atoms with Crippen molar-refractivity contribution < 1.29 is 14.4 Å². The average Bonchev–Trinajstić information content (AvgIpc) is 3.25. The van der Waals surface area contributed by atoms with Gasteiger partial charge in [-0.1, -0.05) is 37.1 Å². The Kier molecular flexibility index (Phi) is 5.18. The number of hydrogen-bond acceptors (Lipinski definition) is 5. The van der Waals surface area contributed by atoms with Crippen molar-refractivity contribution in [2.24, 2.45) is 11.8 Å². The largest absolute Gasteiger partial charge is 0.323 e. The van der Waals surface area contributed by atoms with E-state index in [1.807, 2.05) is 19.2 Å². The first-order valence-corrected chi connectivity index (χ1v) is 11.5. The van der Waals surface area contributed by atoms with Crippen LogP contribution in [0.5, 0.6) is 0 Å². The first kappa shape index (κ1) is 19.7. The van der Waals surface area contributed by atoms with Gasteiger partial charge in [0, 0.05) is 18.2 Å². The van der Waals surface area contributed by atoms with Gasteiger partial charge in [0.2, 0.25) is 17.7 Å². The van der Waals surface area contributed by atoms with Crippen LogP contribution in [0.2, 0.25) is 5.02 Å². The second-order valence-electron chi connectivity index (χ2n) is 7.64. The van der Waals surface area contributed by atoms with E-state index in [1.165, 1.54) is 4.90 Å². The highest BCUT2D eigenvalue weighted by Crippen LogP contribution is 2.54. The zero-order valence-electron chi connectivity index (χ0n) is 16.0. The van der Waals surface area contributed by atoms with Crippen molar-refractivity contribution in [2.75, 3.05) is 23.9 Å². The van der Waals surface area contributed by atoms with E-state index in [0.29, 0.717) is 29.2 Å². The number of carbonyl (C=O) groups excluding carboxylic acids is 3. The fourth-order valence-electron chi connectivity index (χ4n) is 4.88. The third kappa shape index (κ3) is 2.63. The highest BCUT2D eigenvalue weighted by atomic mass is 35.5. The molecule has 2 saturated heterocycles. The van der Waals surface area contributed by atoms with Crippen LogP contribution in [-0.4, -0.2) is 47.2 Å². The van der Waals surface area contributed by atoms with Crippen LogP contribution in [-0.2, 0) is 19.9 Å². The number of carbonyl (C=O) groups is 3. The second kappa shape index (κ2) is 7.35. The van der Waals surface area contributed by atoms with Crippen LogP contribution < -0.4 is 10.6 Å². The van der Waals surface area contributed by atoms with Crippen LogP contribution >= 0.6 is 23.4 Å². The molecule has 4 atom stereocenters. The minimum absolute atomic E-state index is 0.151. The van der Waals surface area contributed by atoms with Gasteiger partial charge in [0.1, 0.15) is 5.54 Å². The van der Waals surface area contributed by atoms with Gasteiger partial charge < -0.3 is 5.32 Å². The summed E-state index contributed by atoms with van der Waals surface area (Å²) in [6.07, 6.45) is 4.38. The topological polar surface area (TPSA) is 78.5 Å². The van der Waals surface area contributed by atoms with Crippen LogP contribution in [0.25, 0.3) is 0 Å². The van der Waals surface area contributed by atoms with Gasteiger partial charge in [-0.3, -0.25) is 24.6 Å². The van der Waals surface area contributed by atoms with E-state index in [1.54, 1.807) is 23.9 Å². The summed E-state index contributed by atoms with van der Waals surface area (Å²) < 4.78 is 0. The number of benzene rings is 1. The van der Waals surface area contributed by atoms with Gasteiger partial charge in [0.25, 0.3) is 0 Å². The summed E-state index contributed by atoms with van der Waals surface area (Å²) in [4.78, 5) is 41.2. The normalized spacial score (nSPS) is 30.9. The van der Waals surface area contributed by atoms with Crippen LogP contribution in [0, 0.1) is 11.8 Å². The highest BCUT2D eigenvalue weighted by Gasteiger charge is 2.70. The molecule has 6 nitrogen and oxygen atoms in total. The van der Waals surface area contributed by atoms with E-state index >= 15 is 0 Å². The molecular formula is C20H24ClN3O3S. The molecule has 3 aliphatic rings. The average molecular weight is 422 g/mol. The summed E-state index contributed by atoms with van der Waals surface area (Å²) in [5.41, 5.74) is -0.0230. The lowest BCUT2D eigenvalue weighted by molar-refractivity contribution is -0.142. The number of nitrogens with zero attached hydrogens (tertiary/aromatic N) is 1. The molecule has 3 aliphatic heterocycles. The number of thioether (sulfide) groups is 1. The number of rotatable bonds is 6. The third-order valence-electron chi connectivity index (χ3n) is 6.16. The molecule has 150 valence electrons. The van der Waals surface area contributed by atoms with Crippen molar-refractivity contribution in [3.63, 3.8) is 0 Å². The Hall–Kier alpha value is -1.57. The number of hydrogen-bond donors (Lipinski definition) is 2. The standard InChI is InChI=1S/C20H24ClN3O3S/c1-3-4-9-24-17(25)14-13(8-10-28-2)23-20(15(14)18(24)26)11-6-5-7-12(21)16(11)22-19(20)27/h5-7,13-15,23H,3-4,8-10H2,1-2H3,(H,22,27). The van der Waals surface area contributed by atoms with Crippen molar-refractivity contribution in [1.82, 2.24) is 10.2 Å². The monoisotopic (exact) mass is 421 g/mol. The van der Waals surface area contributed by atoms with Crippen LogP contribution in [0.3, 0.4) is 0 Å². The van der Waals surface area contributed by atoms with Crippen molar-refractivity contribution in [3.8, 4) is 0 Å². The molecule has 0 bridgehead atoms. The third-order valence-corrected chi connectivity index (χ3v) is 7.12. The van der Waals surface area contributed by atoms with Gasteiger partial charge in [-0.2, -0.15) is 11.8 Å². The van der Waals surface area contributed by atoms with Gasteiger partial charge in [-0.25, -0.2) is 0 Å². The molecule has 3 heterocycles. The van der Waals surface area contributed by atoms with Gasteiger partial charge in [0.15, 0.2) is 0 Å². The summed E-state index contributed by atoms with van der Waals surface area (Å²) in [5, 5.41) is 6.72. The maximum absolute atomic E-state index is 13.4. The van der Waals surface area contributed by atoms with E-state index in [0.717, 1.165) is 18.6 Å². The molecule has 1 spiro atoms. The number of amides is 3. The van der Waals surface area contributed by atoms with E-state index in [9.17, 15) is 14.4 Å². The number of likely N-dealkylation sites (tertiary alicyclic amines) is 1. The minimum atomic E-state index is -1.23. The van der Waals surface area contributed by atoms with E-state index < -0.39 is 17.4 Å². The lowest BCUT2D eigenvalue weighted by Crippen LogP contribution is -2.53. The van der Waals surface area contributed by atoms with Crippen molar-refractivity contribution in [2.45, 2.75) is 37.8 Å². The van der Waals surface area contributed by atoms with E-state index in [2.05, 4.69) is 10.6 Å². The lowest BCUT2D eigenvalue weighted by atomic mass is 9.76. The van der Waals surface area contributed by atoms with Crippen molar-refractivity contribution in [1.29, 1.82) is 0 Å². The molecule has 4 unspecified atom stereocenters. The predicted octanol–water partition coefficient (Wildman–Crippen LogP) is 2.61. The maximum atomic E-state index is 13.4. The van der Waals surface area contributed by atoms with Crippen LogP contribution in [0.15, 0.2) is 18.2 Å². The molecule has 0 saturated carbocycles. The van der Waals surface area contributed by atoms with E-state index in [4.69, 9.17) is 11.6 Å². The number of nitrogens with one attached hydrogen (secondary N) is 2. The molecule has 2 N–H and O–H groups in total. The molecule has 28 heavy (non-hydrogen) atoms. The summed E-state index contributed by atoms with van der Waals surface area (Å²) in [5.74, 6) is -1.10. The number of halogens is 1.